The van der Waals surface area contributed by atoms with E-state index in [1.165, 1.54) is 0 Å². The number of hydrogen-bond acceptors (Lipinski definition) is 1. The van der Waals surface area contributed by atoms with Crippen LogP contribution in [0.4, 0.5) is 4.39 Å². The summed E-state index contributed by atoms with van der Waals surface area (Å²) < 4.78 is 13.9. The molecule has 0 spiro atoms. The van der Waals surface area contributed by atoms with Crippen molar-refractivity contribution in [3.8, 4) is 0 Å². The van der Waals surface area contributed by atoms with E-state index < -0.39 is 0 Å². The van der Waals surface area contributed by atoms with E-state index in [-0.39, 0.29) is 22.9 Å². The molecular formula is C16H22ClFO. The number of rotatable bonds is 3. The second-order valence-electron chi connectivity index (χ2n) is 6.06. The lowest BCUT2D eigenvalue weighted by atomic mass is 9.73. The number of aliphatic hydroxyl groups excluding tert-OH is 1. The maximum Gasteiger partial charge on any atom is 0.144 e. The average molecular weight is 285 g/mol. The Morgan fingerprint density at radius 1 is 1.37 bits per heavy atom. The fourth-order valence-corrected chi connectivity index (χ4v) is 3.29. The number of benzene rings is 1. The molecule has 0 radical (unpaired) electrons. The van der Waals surface area contributed by atoms with Gasteiger partial charge in [-0.25, -0.2) is 4.39 Å². The highest BCUT2D eigenvalue weighted by Crippen LogP contribution is 2.36. The molecule has 3 heteroatoms. The molecule has 0 bridgehead atoms. The summed E-state index contributed by atoms with van der Waals surface area (Å²) in [5, 5.41) is 10.3. The van der Waals surface area contributed by atoms with Gasteiger partial charge in [0, 0.05) is 0 Å². The summed E-state index contributed by atoms with van der Waals surface area (Å²) in [5.74, 6) is 1.08. The molecule has 3 unspecified atom stereocenters. The van der Waals surface area contributed by atoms with Gasteiger partial charge >= 0.3 is 0 Å². The molecular weight excluding hydrogens is 263 g/mol. The standard InChI is InChI=1S/C16H22ClFO/c1-10(2)11-6-7-15(19)13(8-11)9-12-4-3-5-14(17)16(12)18/h3-5,10-11,13,15,19H,6-9H2,1-2H3. The maximum absolute atomic E-state index is 13.9. The van der Waals surface area contributed by atoms with Crippen molar-refractivity contribution in [2.45, 2.75) is 45.6 Å². The summed E-state index contributed by atoms with van der Waals surface area (Å²) in [7, 11) is 0. The Morgan fingerprint density at radius 2 is 2.11 bits per heavy atom. The smallest absolute Gasteiger partial charge is 0.144 e. The van der Waals surface area contributed by atoms with E-state index in [0.717, 1.165) is 19.3 Å². The summed E-state index contributed by atoms with van der Waals surface area (Å²) in [5.41, 5.74) is 0.626. The molecule has 1 aromatic carbocycles. The predicted octanol–water partition coefficient (Wildman–Crippen LogP) is 4.45. The first-order valence-corrected chi connectivity index (χ1v) is 7.47. The van der Waals surface area contributed by atoms with Crippen molar-refractivity contribution in [2.24, 2.45) is 17.8 Å². The molecule has 0 heterocycles. The number of hydrogen-bond donors (Lipinski definition) is 1. The van der Waals surface area contributed by atoms with Crippen LogP contribution in [0.2, 0.25) is 5.02 Å². The SMILES string of the molecule is CC(C)C1CCC(O)C(Cc2cccc(Cl)c2F)C1. The van der Waals surface area contributed by atoms with Crippen molar-refractivity contribution in [1.82, 2.24) is 0 Å². The second-order valence-corrected chi connectivity index (χ2v) is 6.47. The van der Waals surface area contributed by atoms with Gasteiger partial charge in [-0.1, -0.05) is 37.6 Å². The van der Waals surface area contributed by atoms with Crippen LogP contribution >= 0.6 is 11.6 Å². The summed E-state index contributed by atoms with van der Waals surface area (Å²) in [4.78, 5) is 0. The van der Waals surface area contributed by atoms with Crippen molar-refractivity contribution < 1.29 is 9.50 Å². The maximum atomic E-state index is 13.9. The minimum atomic E-state index is -0.331. The zero-order valence-electron chi connectivity index (χ0n) is 11.6. The Hall–Kier alpha value is -0.600. The molecule has 0 amide bonds. The lowest BCUT2D eigenvalue weighted by Gasteiger charge is -2.35. The van der Waals surface area contributed by atoms with Crippen LogP contribution in [0.15, 0.2) is 18.2 Å². The van der Waals surface area contributed by atoms with Gasteiger partial charge in [0.1, 0.15) is 5.82 Å². The first kappa shape index (κ1) is 14.8. The van der Waals surface area contributed by atoms with Gasteiger partial charge in [0.15, 0.2) is 0 Å². The Morgan fingerprint density at radius 3 is 2.79 bits per heavy atom. The fraction of sp³-hybridized carbons (Fsp3) is 0.625. The molecule has 0 aliphatic heterocycles. The highest BCUT2D eigenvalue weighted by atomic mass is 35.5. The van der Waals surface area contributed by atoms with E-state index >= 15 is 0 Å². The van der Waals surface area contributed by atoms with E-state index in [1.54, 1.807) is 18.2 Å². The molecule has 1 fully saturated rings. The van der Waals surface area contributed by atoms with E-state index in [2.05, 4.69) is 13.8 Å². The van der Waals surface area contributed by atoms with Crippen LogP contribution in [0.25, 0.3) is 0 Å². The molecule has 1 N–H and O–H groups in total. The number of halogens is 2. The Labute approximate surface area is 119 Å². The molecule has 1 aliphatic carbocycles. The van der Waals surface area contributed by atoms with Gasteiger partial charge in [-0.3, -0.25) is 0 Å². The quantitative estimate of drug-likeness (QED) is 0.869. The Balaban J connectivity index is 2.10. The van der Waals surface area contributed by atoms with Gasteiger partial charge in [0.05, 0.1) is 11.1 Å². The normalized spacial score (nSPS) is 27.8. The highest BCUT2D eigenvalue weighted by molar-refractivity contribution is 6.30. The van der Waals surface area contributed by atoms with Crippen molar-refractivity contribution in [3.63, 3.8) is 0 Å². The van der Waals surface area contributed by atoms with Crippen LogP contribution in [0.1, 0.15) is 38.7 Å². The highest BCUT2D eigenvalue weighted by Gasteiger charge is 2.31. The summed E-state index contributed by atoms with van der Waals surface area (Å²) in [6.07, 6.45) is 3.15. The molecule has 1 aliphatic rings. The average Bonchev–Trinajstić information content (AvgIpc) is 2.37. The van der Waals surface area contributed by atoms with Crippen LogP contribution in [-0.2, 0) is 6.42 Å². The Bertz CT molecular complexity index is 433. The first-order valence-electron chi connectivity index (χ1n) is 7.10. The zero-order chi connectivity index (χ0) is 14.0. The predicted molar refractivity (Wildman–Crippen MR) is 76.8 cm³/mol. The van der Waals surface area contributed by atoms with Crippen LogP contribution in [0.5, 0.6) is 0 Å². The van der Waals surface area contributed by atoms with Gasteiger partial charge in [-0.15, -0.1) is 0 Å². The third-order valence-corrected chi connectivity index (χ3v) is 4.73. The summed E-state index contributed by atoms with van der Waals surface area (Å²) >= 11 is 5.81. The van der Waals surface area contributed by atoms with E-state index in [0.29, 0.717) is 23.8 Å². The van der Waals surface area contributed by atoms with E-state index in [9.17, 15) is 9.50 Å². The topological polar surface area (TPSA) is 20.2 Å². The van der Waals surface area contributed by atoms with Crippen LogP contribution in [-0.4, -0.2) is 11.2 Å². The monoisotopic (exact) mass is 284 g/mol. The fourth-order valence-electron chi connectivity index (χ4n) is 3.10. The largest absolute Gasteiger partial charge is 0.393 e. The van der Waals surface area contributed by atoms with Gasteiger partial charge in [0.2, 0.25) is 0 Å². The van der Waals surface area contributed by atoms with Crippen molar-refractivity contribution in [3.05, 3.63) is 34.6 Å². The van der Waals surface area contributed by atoms with E-state index in [4.69, 9.17) is 11.6 Å². The minimum Gasteiger partial charge on any atom is -0.393 e. The van der Waals surface area contributed by atoms with Crippen molar-refractivity contribution >= 4 is 11.6 Å². The molecule has 106 valence electrons. The van der Waals surface area contributed by atoms with E-state index in [1.807, 2.05) is 0 Å². The lowest BCUT2D eigenvalue weighted by Crippen LogP contribution is -2.32. The van der Waals surface area contributed by atoms with Crippen molar-refractivity contribution in [2.75, 3.05) is 0 Å². The van der Waals surface area contributed by atoms with Gasteiger partial charge < -0.3 is 5.11 Å². The number of aliphatic hydroxyl groups is 1. The molecule has 1 nitrogen and oxygen atoms in total. The molecule has 2 rings (SSSR count). The molecule has 0 saturated heterocycles. The third kappa shape index (κ3) is 3.49. The van der Waals surface area contributed by atoms with Crippen LogP contribution < -0.4 is 0 Å². The lowest BCUT2D eigenvalue weighted by molar-refractivity contribution is 0.0375. The van der Waals surface area contributed by atoms with Gasteiger partial charge in [-0.2, -0.15) is 0 Å². The molecule has 1 aromatic rings. The third-order valence-electron chi connectivity index (χ3n) is 4.44. The minimum absolute atomic E-state index is 0.147. The molecule has 0 aromatic heterocycles. The second kappa shape index (κ2) is 6.23. The van der Waals surface area contributed by atoms with Gasteiger partial charge in [0.25, 0.3) is 0 Å². The summed E-state index contributed by atoms with van der Waals surface area (Å²) in [6, 6.07) is 5.11. The Kier molecular flexibility index (Phi) is 4.86. The van der Waals surface area contributed by atoms with Crippen molar-refractivity contribution in [1.29, 1.82) is 0 Å². The van der Waals surface area contributed by atoms with Crippen LogP contribution in [0.3, 0.4) is 0 Å². The molecule has 1 saturated carbocycles. The first-order chi connectivity index (χ1) is 8.99. The van der Waals surface area contributed by atoms with Crippen LogP contribution in [0, 0.1) is 23.6 Å². The zero-order valence-corrected chi connectivity index (χ0v) is 12.3. The van der Waals surface area contributed by atoms with Gasteiger partial charge in [-0.05, 0) is 55.1 Å². The molecule has 19 heavy (non-hydrogen) atoms. The molecule has 3 atom stereocenters. The summed E-state index contributed by atoms with van der Waals surface area (Å²) in [6.45, 7) is 4.44.